The predicted molar refractivity (Wildman–Crippen MR) is 68.7 cm³/mol. The van der Waals surface area contributed by atoms with Crippen LogP contribution in [0.4, 0.5) is 8.78 Å². The van der Waals surface area contributed by atoms with Gasteiger partial charge < -0.3 is 9.47 Å². The number of hydrogen-bond donors (Lipinski definition) is 0. The number of ketones is 1. The summed E-state index contributed by atoms with van der Waals surface area (Å²) in [6.45, 7) is -0.145. The molecule has 0 heterocycles. The van der Waals surface area contributed by atoms with E-state index in [2.05, 4.69) is 4.74 Å². The van der Waals surface area contributed by atoms with E-state index in [4.69, 9.17) is 16.3 Å². The van der Waals surface area contributed by atoms with Crippen molar-refractivity contribution in [3.63, 3.8) is 0 Å². The van der Waals surface area contributed by atoms with Gasteiger partial charge in [-0.25, -0.2) is 4.79 Å². The first-order chi connectivity index (χ1) is 9.38. The summed E-state index contributed by atoms with van der Waals surface area (Å²) in [4.78, 5) is 23.6. The maximum Gasteiger partial charge on any atom is 0.387 e. The zero-order valence-corrected chi connectivity index (χ0v) is 11.6. The molecule has 1 atom stereocenters. The highest BCUT2D eigenvalue weighted by atomic mass is 35.5. The summed E-state index contributed by atoms with van der Waals surface area (Å²) in [5, 5.41) is -0.938. The number of halogens is 3. The summed E-state index contributed by atoms with van der Waals surface area (Å²) < 4.78 is 34.0. The number of rotatable bonds is 6. The summed E-state index contributed by atoms with van der Waals surface area (Å²) in [7, 11) is 0. The van der Waals surface area contributed by atoms with Crippen LogP contribution >= 0.6 is 11.6 Å². The van der Waals surface area contributed by atoms with E-state index >= 15 is 0 Å². The van der Waals surface area contributed by atoms with Crippen LogP contribution in [-0.4, -0.2) is 30.3 Å². The van der Waals surface area contributed by atoms with Gasteiger partial charge in [0.15, 0.2) is 11.5 Å². The molecule has 1 aromatic rings. The van der Waals surface area contributed by atoms with E-state index in [0.29, 0.717) is 0 Å². The number of para-hydroxylation sites is 1. The molecule has 1 unspecified atom stereocenters. The first-order valence-corrected chi connectivity index (χ1v) is 6.25. The number of benzene rings is 1. The predicted octanol–water partition coefficient (Wildman–Crippen LogP) is 3.27. The van der Waals surface area contributed by atoms with Crippen molar-refractivity contribution in [2.24, 2.45) is 0 Å². The van der Waals surface area contributed by atoms with Crippen molar-refractivity contribution in [2.45, 2.75) is 25.8 Å². The van der Waals surface area contributed by atoms with Gasteiger partial charge in [-0.1, -0.05) is 6.07 Å². The highest BCUT2D eigenvalue weighted by Crippen LogP contribution is 2.28. The lowest BCUT2D eigenvalue weighted by Gasteiger charge is -2.14. The number of hydrogen-bond acceptors (Lipinski definition) is 4. The van der Waals surface area contributed by atoms with E-state index in [9.17, 15) is 18.4 Å². The molecule has 0 saturated heterocycles. The van der Waals surface area contributed by atoms with Gasteiger partial charge >= 0.3 is 12.6 Å². The second-order valence-corrected chi connectivity index (χ2v) is 4.42. The van der Waals surface area contributed by atoms with Crippen LogP contribution in [0.1, 0.15) is 34.6 Å². The van der Waals surface area contributed by atoms with Gasteiger partial charge in [0, 0.05) is 0 Å². The van der Waals surface area contributed by atoms with Crippen LogP contribution in [-0.2, 0) is 4.74 Å². The molecule has 0 amide bonds. The Kier molecular flexibility index (Phi) is 5.88. The molecule has 0 fully saturated rings. The van der Waals surface area contributed by atoms with Gasteiger partial charge in [0.2, 0.25) is 0 Å². The number of carbonyl (C=O) groups is 2. The number of esters is 1. The Balaban J connectivity index is 3.34. The molecule has 0 aromatic heterocycles. The van der Waals surface area contributed by atoms with E-state index in [1.807, 2.05) is 0 Å². The highest BCUT2D eigenvalue weighted by Gasteiger charge is 2.25. The van der Waals surface area contributed by atoms with Crippen molar-refractivity contribution < 1.29 is 27.8 Å². The van der Waals surface area contributed by atoms with Crippen LogP contribution in [0, 0.1) is 0 Å². The molecule has 110 valence electrons. The maximum absolute atomic E-state index is 12.5. The Labute approximate surface area is 119 Å². The SMILES string of the molecule is CCOC(=O)c1cccc(C(=O)C(C)Cl)c1OC(F)F. The van der Waals surface area contributed by atoms with E-state index in [1.54, 1.807) is 6.92 Å². The molecule has 0 aliphatic rings. The van der Waals surface area contributed by atoms with Gasteiger partial charge in [-0.15, -0.1) is 11.6 Å². The van der Waals surface area contributed by atoms with Gasteiger partial charge in [-0.05, 0) is 26.0 Å². The molecular formula is C13H13ClF2O4. The third-order valence-electron chi connectivity index (χ3n) is 2.34. The third kappa shape index (κ3) is 3.90. The second kappa shape index (κ2) is 7.19. The summed E-state index contributed by atoms with van der Waals surface area (Å²) in [6.07, 6.45) is 0. The third-order valence-corrected chi connectivity index (χ3v) is 2.54. The van der Waals surface area contributed by atoms with Crippen LogP contribution in [0.25, 0.3) is 0 Å². The van der Waals surface area contributed by atoms with Crippen molar-refractivity contribution in [1.82, 2.24) is 0 Å². The molecule has 0 aliphatic heterocycles. The summed E-state index contributed by atoms with van der Waals surface area (Å²) in [5.41, 5.74) is -0.423. The second-order valence-electron chi connectivity index (χ2n) is 3.76. The lowest BCUT2D eigenvalue weighted by Crippen LogP contribution is -2.17. The number of ether oxygens (including phenoxy) is 2. The average Bonchev–Trinajstić information content (AvgIpc) is 2.37. The fraction of sp³-hybridized carbons (Fsp3) is 0.385. The Hall–Kier alpha value is -1.69. The van der Waals surface area contributed by atoms with Gasteiger partial charge in [0.1, 0.15) is 5.56 Å². The minimum Gasteiger partial charge on any atom is -0.462 e. The minimum atomic E-state index is -3.18. The van der Waals surface area contributed by atoms with Crippen LogP contribution in [0.5, 0.6) is 5.75 Å². The molecule has 0 bridgehead atoms. The topological polar surface area (TPSA) is 52.6 Å². The van der Waals surface area contributed by atoms with Gasteiger partial charge in [0.05, 0.1) is 17.5 Å². The molecule has 0 aliphatic carbocycles. The number of alkyl halides is 3. The van der Waals surface area contributed by atoms with Gasteiger partial charge in [0.25, 0.3) is 0 Å². The van der Waals surface area contributed by atoms with E-state index in [1.165, 1.54) is 25.1 Å². The van der Waals surface area contributed by atoms with Crippen LogP contribution in [0.15, 0.2) is 18.2 Å². The molecule has 0 spiro atoms. The fourth-order valence-electron chi connectivity index (χ4n) is 1.53. The van der Waals surface area contributed by atoms with Crippen molar-refractivity contribution in [2.75, 3.05) is 6.61 Å². The summed E-state index contributed by atoms with van der Waals surface area (Å²) >= 11 is 5.66. The van der Waals surface area contributed by atoms with Crippen molar-refractivity contribution in [3.05, 3.63) is 29.3 Å². The van der Waals surface area contributed by atoms with Crippen molar-refractivity contribution in [3.8, 4) is 5.75 Å². The maximum atomic E-state index is 12.5. The highest BCUT2D eigenvalue weighted by molar-refractivity contribution is 6.34. The van der Waals surface area contributed by atoms with E-state index in [-0.39, 0.29) is 17.7 Å². The first kappa shape index (κ1) is 16.4. The fourth-order valence-corrected chi connectivity index (χ4v) is 1.65. The molecular weight excluding hydrogens is 294 g/mol. The standard InChI is InChI=1S/C13H13ClF2O4/c1-3-19-12(18)9-6-4-5-8(10(17)7(2)14)11(9)20-13(15)16/h4-7,13H,3H2,1-2H3. The zero-order valence-electron chi connectivity index (χ0n) is 10.9. The van der Waals surface area contributed by atoms with Gasteiger partial charge in [-0.3, -0.25) is 4.79 Å². The molecule has 0 saturated carbocycles. The quantitative estimate of drug-likeness (QED) is 0.460. The largest absolute Gasteiger partial charge is 0.462 e. The monoisotopic (exact) mass is 306 g/mol. The average molecular weight is 307 g/mol. The minimum absolute atomic E-state index is 0.0665. The Morgan fingerprint density at radius 3 is 2.40 bits per heavy atom. The van der Waals surface area contributed by atoms with Gasteiger partial charge in [-0.2, -0.15) is 8.78 Å². The Morgan fingerprint density at radius 1 is 1.30 bits per heavy atom. The normalized spacial score (nSPS) is 12.1. The molecule has 1 rings (SSSR count). The molecule has 1 aromatic carbocycles. The smallest absolute Gasteiger partial charge is 0.387 e. The van der Waals surface area contributed by atoms with Crippen molar-refractivity contribution >= 4 is 23.4 Å². The van der Waals surface area contributed by atoms with Crippen LogP contribution < -0.4 is 4.74 Å². The Bertz CT molecular complexity index is 503. The number of Topliss-reactive ketones (excluding diaryl/α,β-unsaturated/α-hetero) is 1. The number of carbonyl (C=O) groups excluding carboxylic acids is 2. The van der Waals surface area contributed by atoms with Crippen molar-refractivity contribution in [1.29, 1.82) is 0 Å². The van der Waals surface area contributed by atoms with E-state index < -0.39 is 29.5 Å². The molecule has 4 nitrogen and oxygen atoms in total. The zero-order chi connectivity index (χ0) is 15.3. The summed E-state index contributed by atoms with van der Waals surface area (Å²) in [5.74, 6) is -1.98. The van der Waals surface area contributed by atoms with E-state index in [0.717, 1.165) is 0 Å². The first-order valence-electron chi connectivity index (χ1n) is 5.81. The molecule has 0 radical (unpaired) electrons. The molecule has 7 heteroatoms. The lowest BCUT2D eigenvalue weighted by molar-refractivity contribution is -0.0507. The lowest BCUT2D eigenvalue weighted by atomic mass is 10.0. The van der Waals surface area contributed by atoms with Crippen LogP contribution in [0.3, 0.4) is 0 Å². The van der Waals surface area contributed by atoms with Crippen LogP contribution in [0.2, 0.25) is 0 Å². The summed E-state index contributed by atoms with van der Waals surface area (Å²) in [6, 6.07) is 3.88. The molecule has 0 N–H and O–H groups in total. The molecule has 20 heavy (non-hydrogen) atoms. The Morgan fingerprint density at radius 2 is 1.90 bits per heavy atom.